The summed E-state index contributed by atoms with van der Waals surface area (Å²) in [4.78, 5) is 29.0. The second kappa shape index (κ2) is 7.54. The van der Waals surface area contributed by atoms with Crippen molar-refractivity contribution in [1.29, 1.82) is 5.26 Å². The first-order valence-corrected chi connectivity index (χ1v) is 7.99. The van der Waals surface area contributed by atoms with Crippen molar-refractivity contribution in [1.82, 2.24) is 9.38 Å². The van der Waals surface area contributed by atoms with Crippen molar-refractivity contribution in [2.75, 3.05) is 7.11 Å². The van der Waals surface area contributed by atoms with E-state index in [1.807, 2.05) is 19.1 Å². The van der Waals surface area contributed by atoms with Crippen molar-refractivity contribution in [3.05, 3.63) is 75.7 Å². The molecule has 0 saturated heterocycles. The van der Waals surface area contributed by atoms with Crippen molar-refractivity contribution in [2.45, 2.75) is 6.92 Å². The lowest BCUT2D eigenvalue weighted by Crippen LogP contribution is -2.19. The zero-order valence-corrected chi connectivity index (χ0v) is 14.7. The van der Waals surface area contributed by atoms with Crippen molar-refractivity contribution < 1.29 is 14.3 Å². The van der Waals surface area contributed by atoms with Gasteiger partial charge in [0.25, 0.3) is 5.56 Å². The maximum absolute atomic E-state index is 12.9. The molecule has 0 aliphatic carbocycles. The zero-order chi connectivity index (χ0) is 19.4. The van der Waals surface area contributed by atoms with Gasteiger partial charge in [0, 0.05) is 6.20 Å². The number of aromatic nitrogens is 2. The van der Waals surface area contributed by atoms with Crippen LogP contribution in [0.25, 0.3) is 11.7 Å². The third-order valence-corrected chi connectivity index (χ3v) is 3.78. The van der Waals surface area contributed by atoms with Gasteiger partial charge >= 0.3 is 5.97 Å². The number of ether oxygens (including phenoxy) is 2. The van der Waals surface area contributed by atoms with E-state index in [-0.39, 0.29) is 17.0 Å². The van der Waals surface area contributed by atoms with Gasteiger partial charge in [0.05, 0.1) is 7.11 Å². The van der Waals surface area contributed by atoms with Crippen LogP contribution < -0.4 is 10.3 Å². The molecule has 0 saturated carbocycles. The van der Waals surface area contributed by atoms with Gasteiger partial charge in [-0.1, -0.05) is 23.8 Å². The summed E-state index contributed by atoms with van der Waals surface area (Å²) in [6.07, 6.45) is 2.67. The Kier molecular flexibility index (Phi) is 4.99. The topological polar surface area (TPSA) is 93.7 Å². The molecular weight excluding hydrogens is 346 g/mol. The Morgan fingerprint density at radius 2 is 1.96 bits per heavy atom. The first kappa shape index (κ1) is 17.9. The average Bonchev–Trinajstić information content (AvgIpc) is 2.69. The van der Waals surface area contributed by atoms with Gasteiger partial charge < -0.3 is 9.47 Å². The Morgan fingerprint density at radius 3 is 2.63 bits per heavy atom. The Hall–Kier alpha value is -3.92. The fourth-order valence-electron chi connectivity index (χ4n) is 2.39. The van der Waals surface area contributed by atoms with Crippen LogP contribution >= 0.6 is 0 Å². The number of hydrogen-bond acceptors (Lipinski definition) is 6. The summed E-state index contributed by atoms with van der Waals surface area (Å²) < 4.78 is 11.7. The molecule has 3 aromatic rings. The SMILES string of the molecule is COC(=O)/C(C#N)=C/c1c(Oc2ccc(C)cc2)nc2ccccn2c1=O. The van der Waals surface area contributed by atoms with Gasteiger partial charge in [0.1, 0.15) is 28.6 Å². The van der Waals surface area contributed by atoms with E-state index in [9.17, 15) is 14.9 Å². The Balaban J connectivity index is 2.22. The first-order chi connectivity index (χ1) is 13.0. The molecule has 134 valence electrons. The number of methoxy groups -OCH3 is 1. The van der Waals surface area contributed by atoms with Crippen molar-refractivity contribution in [2.24, 2.45) is 0 Å². The van der Waals surface area contributed by atoms with Gasteiger partial charge in [-0.2, -0.15) is 10.2 Å². The summed E-state index contributed by atoms with van der Waals surface area (Å²) in [5.41, 5.74) is 0.589. The highest BCUT2D eigenvalue weighted by Gasteiger charge is 2.17. The third kappa shape index (κ3) is 3.70. The Labute approximate surface area is 154 Å². The van der Waals surface area contributed by atoms with Gasteiger partial charge in [-0.3, -0.25) is 9.20 Å². The van der Waals surface area contributed by atoms with E-state index in [0.717, 1.165) is 18.7 Å². The van der Waals surface area contributed by atoms with Crippen LogP contribution in [0.3, 0.4) is 0 Å². The minimum absolute atomic E-state index is 0.00768. The minimum atomic E-state index is -0.851. The van der Waals surface area contributed by atoms with E-state index in [4.69, 9.17) is 4.74 Å². The summed E-state index contributed by atoms with van der Waals surface area (Å²) in [7, 11) is 1.16. The Bertz CT molecular complexity index is 1140. The molecule has 0 unspecified atom stereocenters. The smallest absolute Gasteiger partial charge is 0.348 e. The second-order valence-electron chi connectivity index (χ2n) is 5.64. The average molecular weight is 361 g/mol. The largest absolute Gasteiger partial charge is 0.465 e. The van der Waals surface area contributed by atoms with Gasteiger partial charge in [-0.25, -0.2) is 4.79 Å². The molecule has 0 fully saturated rings. The molecule has 0 spiro atoms. The van der Waals surface area contributed by atoms with Crippen molar-refractivity contribution in [3.8, 4) is 17.7 Å². The molecule has 7 heteroatoms. The number of aryl methyl sites for hydroxylation is 1. The first-order valence-electron chi connectivity index (χ1n) is 7.99. The molecular formula is C20H15N3O4. The monoisotopic (exact) mass is 361 g/mol. The van der Waals surface area contributed by atoms with Crippen LogP contribution in [0.4, 0.5) is 0 Å². The molecule has 0 amide bonds. The number of carbonyl (C=O) groups excluding carboxylic acids is 1. The van der Waals surface area contributed by atoms with Crippen LogP contribution in [0.5, 0.6) is 11.6 Å². The van der Waals surface area contributed by atoms with E-state index in [0.29, 0.717) is 11.4 Å². The summed E-state index contributed by atoms with van der Waals surface area (Å²) >= 11 is 0. The molecule has 2 aromatic heterocycles. The van der Waals surface area contributed by atoms with E-state index in [1.165, 1.54) is 4.40 Å². The molecule has 3 rings (SSSR count). The van der Waals surface area contributed by atoms with E-state index < -0.39 is 11.5 Å². The summed E-state index contributed by atoms with van der Waals surface area (Å²) in [5.74, 6) is -0.387. The highest BCUT2D eigenvalue weighted by Crippen LogP contribution is 2.24. The molecule has 1 aromatic carbocycles. The molecule has 0 bridgehead atoms. The number of esters is 1. The normalized spacial score (nSPS) is 11.1. The van der Waals surface area contributed by atoms with E-state index >= 15 is 0 Å². The van der Waals surface area contributed by atoms with E-state index in [1.54, 1.807) is 42.6 Å². The zero-order valence-electron chi connectivity index (χ0n) is 14.7. The molecule has 0 radical (unpaired) electrons. The van der Waals surface area contributed by atoms with Crippen LogP contribution in [0, 0.1) is 18.3 Å². The maximum atomic E-state index is 12.9. The third-order valence-electron chi connectivity index (χ3n) is 3.78. The molecule has 0 atom stereocenters. The summed E-state index contributed by atoms with van der Waals surface area (Å²) in [6, 6.07) is 14.0. The van der Waals surface area contributed by atoms with Crippen LogP contribution in [0.15, 0.2) is 59.0 Å². The van der Waals surface area contributed by atoms with Crippen LogP contribution in [0.2, 0.25) is 0 Å². The molecule has 0 aliphatic rings. The number of fused-ring (bicyclic) bond motifs is 1. The Morgan fingerprint density at radius 1 is 1.22 bits per heavy atom. The highest BCUT2D eigenvalue weighted by atomic mass is 16.5. The number of hydrogen-bond donors (Lipinski definition) is 0. The van der Waals surface area contributed by atoms with Crippen molar-refractivity contribution >= 4 is 17.7 Å². The lowest BCUT2D eigenvalue weighted by Gasteiger charge is -2.10. The molecule has 27 heavy (non-hydrogen) atoms. The number of pyridine rings is 1. The number of rotatable bonds is 4. The molecule has 2 heterocycles. The van der Waals surface area contributed by atoms with Gasteiger partial charge in [-0.15, -0.1) is 0 Å². The van der Waals surface area contributed by atoms with Crippen LogP contribution in [0.1, 0.15) is 11.1 Å². The molecule has 0 N–H and O–H groups in total. The van der Waals surface area contributed by atoms with Gasteiger partial charge in [-0.05, 0) is 37.3 Å². The lowest BCUT2D eigenvalue weighted by molar-refractivity contribution is -0.135. The number of carbonyl (C=O) groups is 1. The number of nitriles is 1. The van der Waals surface area contributed by atoms with Gasteiger partial charge in [0.15, 0.2) is 0 Å². The standard InChI is InChI=1S/C20H15N3O4/c1-13-6-8-15(9-7-13)27-18-16(11-14(12-21)20(25)26-2)19(24)23-10-4-3-5-17(23)22-18/h3-11H,1-2H3/b14-11+. The highest BCUT2D eigenvalue weighted by molar-refractivity contribution is 5.98. The van der Waals surface area contributed by atoms with Crippen LogP contribution in [-0.2, 0) is 9.53 Å². The predicted octanol–water partition coefficient (Wildman–Crippen LogP) is 2.88. The lowest BCUT2D eigenvalue weighted by atomic mass is 10.2. The fourth-order valence-corrected chi connectivity index (χ4v) is 2.39. The van der Waals surface area contributed by atoms with Crippen molar-refractivity contribution in [3.63, 3.8) is 0 Å². The maximum Gasteiger partial charge on any atom is 0.348 e. The minimum Gasteiger partial charge on any atom is -0.465 e. The van der Waals surface area contributed by atoms with Crippen LogP contribution in [-0.4, -0.2) is 22.5 Å². The number of nitrogens with zero attached hydrogens (tertiary/aromatic N) is 3. The summed E-state index contributed by atoms with van der Waals surface area (Å²) in [5, 5.41) is 9.22. The number of benzene rings is 1. The summed E-state index contributed by atoms with van der Waals surface area (Å²) in [6.45, 7) is 1.94. The fraction of sp³-hybridized carbons (Fsp3) is 0.100. The molecule has 7 nitrogen and oxygen atoms in total. The second-order valence-corrected chi connectivity index (χ2v) is 5.64. The predicted molar refractivity (Wildman–Crippen MR) is 98.3 cm³/mol. The quantitative estimate of drug-likeness (QED) is 0.403. The molecule has 0 aliphatic heterocycles. The van der Waals surface area contributed by atoms with E-state index in [2.05, 4.69) is 9.72 Å². The van der Waals surface area contributed by atoms with Gasteiger partial charge in [0.2, 0.25) is 5.88 Å².